The summed E-state index contributed by atoms with van der Waals surface area (Å²) in [7, 11) is 1.32. The third-order valence-electron chi connectivity index (χ3n) is 6.05. The smallest absolute Gasteiger partial charge is 0.343 e. The maximum absolute atomic E-state index is 12.5. The third kappa shape index (κ3) is 12.0. The Hall–Kier alpha value is -5.46. The molecule has 4 N–H and O–H groups in total. The van der Waals surface area contributed by atoms with Crippen molar-refractivity contribution in [2.24, 2.45) is 0 Å². The van der Waals surface area contributed by atoms with E-state index in [0.717, 1.165) is 17.5 Å². The minimum absolute atomic E-state index is 0.0906. The van der Waals surface area contributed by atoms with Crippen LogP contribution in [0.4, 0.5) is 0 Å². The Morgan fingerprint density at radius 1 is 0.889 bits per heavy atom. The van der Waals surface area contributed by atoms with Crippen molar-refractivity contribution in [1.29, 1.82) is 0 Å². The Kier molecular flexibility index (Phi) is 13.3. The largest absolute Gasteiger partial charge is 0.491 e. The lowest BCUT2D eigenvalue weighted by atomic mass is 10.1. The number of methoxy groups -OCH3 is 1. The molecule has 1 heterocycles. The standard InChI is InChI=1S/C29H29NO7.C4H4O4/c1-34-29(33)19-36-23-9-7-20(8-10-23)13-14-30-17-22(31)18-35-24-11-12-25-26(32)16-27(37-28(25)15-24)21-5-3-2-4-6-21;5-3(6)1-2-4(7)8/h2-12,15-16,22,30-31H,13-14,17-19H2,1H3;1-2H,(H,5,6)(H,7,8). The molecule has 4 aromatic rings. The fourth-order valence-corrected chi connectivity index (χ4v) is 3.82. The Morgan fingerprint density at radius 3 is 2.20 bits per heavy atom. The average Bonchev–Trinajstić information content (AvgIpc) is 3.04. The van der Waals surface area contributed by atoms with E-state index in [4.69, 9.17) is 24.1 Å². The number of carboxylic acid groups (broad SMARTS) is 2. The van der Waals surface area contributed by atoms with Gasteiger partial charge >= 0.3 is 17.9 Å². The van der Waals surface area contributed by atoms with E-state index in [-0.39, 0.29) is 18.6 Å². The quantitative estimate of drug-likeness (QED) is 0.0920. The number of hydrogen-bond donors (Lipinski definition) is 4. The topological polar surface area (TPSA) is 182 Å². The second-order valence-corrected chi connectivity index (χ2v) is 9.44. The number of benzene rings is 3. The lowest BCUT2D eigenvalue weighted by Crippen LogP contribution is -2.32. The molecule has 0 aliphatic heterocycles. The summed E-state index contributed by atoms with van der Waals surface area (Å²) >= 11 is 0. The normalized spacial score (nSPS) is 11.3. The number of ether oxygens (including phenoxy) is 3. The number of aliphatic hydroxyl groups excluding tert-OH is 1. The molecule has 1 unspecified atom stereocenters. The summed E-state index contributed by atoms with van der Waals surface area (Å²) in [5, 5.41) is 29.6. The maximum Gasteiger partial charge on any atom is 0.343 e. The number of esters is 1. The van der Waals surface area contributed by atoms with Gasteiger partial charge in [0.15, 0.2) is 12.0 Å². The molecule has 1 aromatic heterocycles. The van der Waals surface area contributed by atoms with Gasteiger partial charge in [0.1, 0.15) is 35.6 Å². The zero-order chi connectivity index (χ0) is 32.6. The van der Waals surface area contributed by atoms with Gasteiger partial charge in [-0.3, -0.25) is 4.79 Å². The van der Waals surface area contributed by atoms with Crippen molar-refractivity contribution in [3.05, 3.63) is 107 Å². The van der Waals surface area contributed by atoms with Crippen LogP contribution in [-0.2, 0) is 25.5 Å². The van der Waals surface area contributed by atoms with Crippen LogP contribution in [0.3, 0.4) is 0 Å². The summed E-state index contributed by atoms with van der Waals surface area (Å²) in [4.78, 5) is 42.8. The number of nitrogens with one attached hydrogen (secondary N) is 1. The van der Waals surface area contributed by atoms with Crippen LogP contribution in [-0.4, -0.2) is 72.7 Å². The van der Waals surface area contributed by atoms with E-state index < -0.39 is 24.0 Å². The molecule has 12 heteroatoms. The number of aliphatic hydroxyl groups is 1. The van der Waals surface area contributed by atoms with Crippen LogP contribution < -0.4 is 20.2 Å². The summed E-state index contributed by atoms with van der Waals surface area (Å²) < 4.78 is 21.6. The Bertz CT molecular complexity index is 1630. The van der Waals surface area contributed by atoms with Crippen molar-refractivity contribution in [3.63, 3.8) is 0 Å². The van der Waals surface area contributed by atoms with Crippen molar-refractivity contribution in [1.82, 2.24) is 5.32 Å². The number of hydrogen-bond acceptors (Lipinski definition) is 10. The van der Waals surface area contributed by atoms with Gasteiger partial charge in [0, 0.05) is 36.4 Å². The van der Waals surface area contributed by atoms with Gasteiger partial charge in [0.2, 0.25) is 0 Å². The highest BCUT2D eigenvalue weighted by atomic mass is 16.6. The molecule has 236 valence electrons. The molecule has 4 rings (SSSR count). The molecule has 3 aromatic carbocycles. The first-order valence-corrected chi connectivity index (χ1v) is 13.7. The summed E-state index contributed by atoms with van der Waals surface area (Å²) in [5.74, 6) is -1.35. The molecule has 0 amide bonds. The van der Waals surface area contributed by atoms with E-state index in [0.29, 0.717) is 53.5 Å². The molecule has 0 aliphatic rings. The molecular weight excluding hydrogens is 586 g/mol. The van der Waals surface area contributed by atoms with Crippen molar-refractivity contribution in [2.75, 3.05) is 33.4 Å². The maximum atomic E-state index is 12.5. The minimum Gasteiger partial charge on any atom is -0.491 e. The van der Waals surface area contributed by atoms with Crippen LogP contribution in [0.25, 0.3) is 22.3 Å². The van der Waals surface area contributed by atoms with E-state index in [1.807, 2.05) is 42.5 Å². The zero-order valence-corrected chi connectivity index (χ0v) is 24.4. The molecule has 45 heavy (non-hydrogen) atoms. The minimum atomic E-state index is -1.26. The van der Waals surface area contributed by atoms with Crippen LogP contribution in [0.1, 0.15) is 5.56 Å². The van der Waals surface area contributed by atoms with E-state index in [1.165, 1.54) is 13.2 Å². The molecular formula is C33H33NO11. The highest BCUT2D eigenvalue weighted by Gasteiger charge is 2.10. The first kappa shape index (κ1) is 34.0. The van der Waals surface area contributed by atoms with Crippen LogP contribution >= 0.6 is 0 Å². The van der Waals surface area contributed by atoms with E-state index >= 15 is 0 Å². The lowest BCUT2D eigenvalue weighted by Gasteiger charge is -2.14. The van der Waals surface area contributed by atoms with E-state index in [1.54, 1.807) is 30.3 Å². The average molecular weight is 620 g/mol. The molecule has 12 nitrogen and oxygen atoms in total. The Balaban J connectivity index is 0.000000610. The number of aliphatic carboxylic acids is 2. The van der Waals surface area contributed by atoms with Crippen LogP contribution in [0.5, 0.6) is 11.5 Å². The number of carbonyl (C=O) groups is 3. The second-order valence-electron chi connectivity index (χ2n) is 9.44. The molecule has 0 radical (unpaired) electrons. The van der Waals surface area contributed by atoms with Crippen molar-refractivity contribution in [2.45, 2.75) is 12.5 Å². The number of rotatable bonds is 14. The predicted molar refractivity (Wildman–Crippen MR) is 164 cm³/mol. The summed E-state index contributed by atoms with van der Waals surface area (Å²) in [6, 6.07) is 23.4. The molecule has 0 aliphatic carbocycles. The highest BCUT2D eigenvalue weighted by Crippen LogP contribution is 2.25. The van der Waals surface area contributed by atoms with Gasteiger partial charge in [0.25, 0.3) is 0 Å². The molecule has 0 saturated heterocycles. The summed E-state index contributed by atoms with van der Waals surface area (Å²) in [5.41, 5.74) is 2.21. The monoisotopic (exact) mass is 619 g/mol. The summed E-state index contributed by atoms with van der Waals surface area (Å²) in [6.07, 6.45) is 1.16. The first-order chi connectivity index (χ1) is 21.6. The van der Waals surface area contributed by atoms with E-state index in [9.17, 15) is 24.3 Å². The molecule has 0 fully saturated rings. The third-order valence-corrected chi connectivity index (χ3v) is 6.05. The second kappa shape index (κ2) is 17.6. The Morgan fingerprint density at radius 2 is 1.56 bits per heavy atom. The fraction of sp³-hybridized carbons (Fsp3) is 0.212. The molecule has 0 saturated carbocycles. The van der Waals surface area contributed by atoms with E-state index in [2.05, 4.69) is 10.1 Å². The number of carboxylic acids is 2. The van der Waals surface area contributed by atoms with Crippen molar-refractivity contribution < 1.29 is 48.3 Å². The lowest BCUT2D eigenvalue weighted by molar-refractivity contribution is -0.143. The fourth-order valence-electron chi connectivity index (χ4n) is 3.82. The van der Waals surface area contributed by atoms with Gasteiger partial charge in [0.05, 0.1) is 12.5 Å². The predicted octanol–water partition coefficient (Wildman–Crippen LogP) is 3.30. The van der Waals surface area contributed by atoms with Crippen LogP contribution in [0.2, 0.25) is 0 Å². The van der Waals surface area contributed by atoms with Gasteiger partial charge < -0.3 is 39.3 Å². The number of fused-ring (bicyclic) bond motifs is 1. The number of carbonyl (C=O) groups excluding carboxylic acids is 1. The van der Waals surface area contributed by atoms with Crippen molar-refractivity contribution in [3.8, 4) is 22.8 Å². The SMILES string of the molecule is COC(=O)COc1ccc(CCNCC(O)COc2ccc3c(=O)cc(-c4ccccc4)oc3c2)cc1.O=C(O)C=CC(=O)O. The van der Waals surface area contributed by atoms with Gasteiger partial charge in [-0.05, 0) is 42.8 Å². The van der Waals surface area contributed by atoms with Gasteiger partial charge in [-0.1, -0.05) is 42.5 Å². The molecule has 0 spiro atoms. The highest BCUT2D eigenvalue weighted by molar-refractivity contribution is 5.89. The molecule has 0 bridgehead atoms. The van der Waals surface area contributed by atoms with Gasteiger partial charge in [-0.25, -0.2) is 14.4 Å². The van der Waals surface area contributed by atoms with Gasteiger partial charge in [-0.2, -0.15) is 0 Å². The van der Waals surface area contributed by atoms with Crippen LogP contribution in [0.15, 0.2) is 100 Å². The summed E-state index contributed by atoms with van der Waals surface area (Å²) in [6.45, 7) is 0.997. The molecule has 1 atom stereocenters. The van der Waals surface area contributed by atoms with Crippen LogP contribution in [0, 0.1) is 0 Å². The van der Waals surface area contributed by atoms with Crippen molar-refractivity contribution >= 4 is 28.9 Å². The zero-order valence-electron chi connectivity index (χ0n) is 24.4. The Labute approximate surface area is 258 Å². The first-order valence-electron chi connectivity index (χ1n) is 13.7. The van der Waals surface area contributed by atoms with Gasteiger partial charge in [-0.15, -0.1) is 0 Å².